The summed E-state index contributed by atoms with van der Waals surface area (Å²) in [6.07, 6.45) is 6.90. The molecular formula is C19H23FN2O2S. The van der Waals surface area contributed by atoms with Crippen LogP contribution in [0.25, 0.3) is 5.57 Å². The SMILES string of the molecule is CCCC=C(c1ccc(NCS(C)(=O)=O)nc1)c1ccc(F)cc1C. The Kier molecular flexibility index (Phi) is 6.31. The zero-order valence-electron chi connectivity index (χ0n) is 14.7. The van der Waals surface area contributed by atoms with Gasteiger partial charge in [0.1, 0.15) is 17.5 Å². The van der Waals surface area contributed by atoms with Gasteiger partial charge in [0.05, 0.1) is 0 Å². The van der Waals surface area contributed by atoms with Crippen LogP contribution in [0.1, 0.15) is 36.5 Å². The molecule has 134 valence electrons. The Morgan fingerprint density at radius 1 is 1.28 bits per heavy atom. The van der Waals surface area contributed by atoms with Gasteiger partial charge in [-0.1, -0.05) is 25.5 Å². The molecule has 2 aromatic rings. The number of aromatic nitrogens is 1. The van der Waals surface area contributed by atoms with Crippen molar-refractivity contribution in [1.82, 2.24) is 4.98 Å². The molecular weight excluding hydrogens is 339 g/mol. The van der Waals surface area contributed by atoms with E-state index < -0.39 is 9.84 Å². The highest BCUT2D eigenvalue weighted by Crippen LogP contribution is 2.27. The monoisotopic (exact) mass is 362 g/mol. The highest BCUT2D eigenvalue weighted by molar-refractivity contribution is 7.90. The van der Waals surface area contributed by atoms with Gasteiger partial charge in [0, 0.05) is 18.0 Å². The Morgan fingerprint density at radius 3 is 2.60 bits per heavy atom. The maximum absolute atomic E-state index is 13.4. The van der Waals surface area contributed by atoms with Gasteiger partial charge in [-0.15, -0.1) is 0 Å². The van der Waals surface area contributed by atoms with Gasteiger partial charge >= 0.3 is 0 Å². The molecule has 0 saturated heterocycles. The van der Waals surface area contributed by atoms with Crippen LogP contribution in [0.3, 0.4) is 0 Å². The summed E-state index contributed by atoms with van der Waals surface area (Å²) in [5.74, 6) is 0.0870. The Balaban J connectivity index is 2.32. The number of aryl methyl sites for hydroxylation is 1. The summed E-state index contributed by atoms with van der Waals surface area (Å²) in [4.78, 5) is 4.29. The van der Waals surface area contributed by atoms with Crippen LogP contribution in [0, 0.1) is 12.7 Å². The number of benzene rings is 1. The van der Waals surface area contributed by atoms with E-state index in [9.17, 15) is 12.8 Å². The van der Waals surface area contributed by atoms with Crippen LogP contribution in [0.4, 0.5) is 10.2 Å². The number of pyridine rings is 1. The number of halogens is 1. The van der Waals surface area contributed by atoms with Crippen LogP contribution in [-0.2, 0) is 9.84 Å². The maximum Gasteiger partial charge on any atom is 0.165 e. The first kappa shape index (κ1) is 19.1. The van der Waals surface area contributed by atoms with Crippen LogP contribution in [0.15, 0.2) is 42.6 Å². The van der Waals surface area contributed by atoms with Crippen LogP contribution < -0.4 is 5.32 Å². The van der Waals surface area contributed by atoms with E-state index in [2.05, 4.69) is 23.3 Å². The molecule has 0 radical (unpaired) electrons. The molecule has 4 nitrogen and oxygen atoms in total. The predicted molar refractivity (Wildman–Crippen MR) is 101 cm³/mol. The summed E-state index contributed by atoms with van der Waals surface area (Å²) >= 11 is 0. The van der Waals surface area contributed by atoms with Crippen LogP contribution >= 0.6 is 0 Å². The summed E-state index contributed by atoms with van der Waals surface area (Å²) in [7, 11) is -3.11. The highest BCUT2D eigenvalue weighted by atomic mass is 32.2. The third-order valence-electron chi connectivity index (χ3n) is 3.71. The molecule has 1 aromatic heterocycles. The smallest absolute Gasteiger partial charge is 0.165 e. The number of sulfone groups is 1. The molecule has 0 unspecified atom stereocenters. The summed E-state index contributed by atoms with van der Waals surface area (Å²) in [5, 5.41) is 2.78. The molecule has 2 rings (SSSR count). The first-order valence-electron chi connectivity index (χ1n) is 8.15. The van der Waals surface area contributed by atoms with Gasteiger partial charge in [0.25, 0.3) is 0 Å². The molecule has 0 saturated carbocycles. The lowest BCUT2D eigenvalue weighted by Gasteiger charge is -2.12. The molecule has 0 aliphatic rings. The summed E-state index contributed by atoms with van der Waals surface area (Å²) in [6.45, 7) is 3.98. The fraction of sp³-hybridized carbons (Fsp3) is 0.316. The summed E-state index contributed by atoms with van der Waals surface area (Å²) < 4.78 is 35.8. The number of nitrogens with one attached hydrogen (secondary N) is 1. The second-order valence-electron chi connectivity index (χ2n) is 6.04. The van der Waals surface area contributed by atoms with Gasteiger partial charge < -0.3 is 5.32 Å². The second-order valence-corrected chi connectivity index (χ2v) is 8.18. The number of hydrogen-bond donors (Lipinski definition) is 1. The van der Waals surface area contributed by atoms with Gasteiger partial charge in [0.15, 0.2) is 9.84 Å². The summed E-state index contributed by atoms with van der Waals surface area (Å²) in [6, 6.07) is 8.39. The number of rotatable bonds is 7. The van der Waals surface area contributed by atoms with Crippen LogP contribution in [0.2, 0.25) is 0 Å². The van der Waals surface area contributed by atoms with Crippen molar-refractivity contribution < 1.29 is 12.8 Å². The van der Waals surface area contributed by atoms with Crippen molar-refractivity contribution in [3.63, 3.8) is 0 Å². The molecule has 0 amide bonds. The molecule has 25 heavy (non-hydrogen) atoms. The largest absolute Gasteiger partial charge is 0.356 e. The number of anilines is 1. The highest BCUT2D eigenvalue weighted by Gasteiger charge is 2.10. The van der Waals surface area contributed by atoms with Crippen molar-refractivity contribution in [3.8, 4) is 0 Å². The van der Waals surface area contributed by atoms with Gasteiger partial charge in [0.2, 0.25) is 0 Å². The Hall–Kier alpha value is -2.21. The van der Waals surface area contributed by atoms with Crippen LogP contribution in [-0.4, -0.2) is 25.5 Å². The molecule has 0 fully saturated rings. The fourth-order valence-corrected chi connectivity index (χ4v) is 2.87. The van der Waals surface area contributed by atoms with E-state index >= 15 is 0 Å². The van der Waals surface area contributed by atoms with E-state index in [0.717, 1.165) is 41.4 Å². The average Bonchev–Trinajstić information content (AvgIpc) is 2.55. The van der Waals surface area contributed by atoms with Crippen molar-refractivity contribution in [1.29, 1.82) is 0 Å². The minimum Gasteiger partial charge on any atom is -0.356 e. The van der Waals surface area contributed by atoms with Crippen LogP contribution in [0.5, 0.6) is 0 Å². The zero-order chi connectivity index (χ0) is 18.4. The Morgan fingerprint density at radius 2 is 2.04 bits per heavy atom. The topological polar surface area (TPSA) is 59.1 Å². The average molecular weight is 362 g/mol. The lowest BCUT2D eigenvalue weighted by atomic mass is 9.94. The fourth-order valence-electron chi connectivity index (χ4n) is 2.46. The van der Waals surface area contributed by atoms with Gasteiger partial charge in [-0.05, 0) is 54.3 Å². The van der Waals surface area contributed by atoms with Crippen molar-refractivity contribution in [2.75, 3.05) is 17.4 Å². The van der Waals surface area contributed by atoms with E-state index in [-0.39, 0.29) is 11.7 Å². The van der Waals surface area contributed by atoms with E-state index in [0.29, 0.717) is 5.82 Å². The lowest BCUT2D eigenvalue weighted by Crippen LogP contribution is -2.13. The normalized spacial score (nSPS) is 12.2. The Labute approximate surface area is 148 Å². The molecule has 1 aromatic carbocycles. The molecule has 0 atom stereocenters. The van der Waals surface area contributed by atoms with E-state index in [1.54, 1.807) is 18.3 Å². The third kappa shape index (κ3) is 5.67. The van der Waals surface area contributed by atoms with Crippen molar-refractivity contribution in [2.45, 2.75) is 26.7 Å². The first-order valence-corrected chi connectivity index (χ1v) is 10.2. The first-order chi connectivity index (χ1) is 11.8. The second kappa shape index (κ2) is 8.25. The molecule has 0 aliphatic carbocycles. The van der Waals surface area contributed by atoms with Gasteiger partial charge in [-0.2, -0.15) is 0 Å². The summed E-state index contributed by atoms with van der Waals surface area (Å²) in [5.41, 5.74) is 3.74. The van der Waals surface area contributed by atoms with E-state index in [1.165, 1.54) is 12.1 Å². The molecule has 0 bridgehead atoms. The van der Waals surface area contributed by atoms with Crippen molar-refractivity contribution in [2.24, 2.45) is 0 Å². The molecule has 1 N–H and O–H groups in total. The number of nitrogens with zero attached hydrogens (tertiary/aromatic N) is 1. The molecule has 0 aliphatic heterocycles. The predicted octanol–water partition coefficient (Wildman–Crippen LogP) is 4.17. The molecule has 6 heteroatoms. The van der Waals surface area contributed by atoms with Gasteiger partial charge in [-0.3, -0.25) is 0 Å². The molecule has 0 spiro atoms. The number of allylic oxidation sites excluding steroid dienone is 1. The van der Waals surface area contributed by atoms with Crippen molar-refractivity contribution in [3.05, 3.63) is 65.1 Å². The third-order valence-corrected chi connectivity index (χ3v) is 4.37. The standard InChI is InChI=1S/C19H23FN2O2S/c1-4-5-6-18(17-9-8-16(20)11-14(17)2)15-7-10-19(21-12-15)22-13-25(3,23)24/h6-12H,4-5,13H2,1-3H3,(H,21,22). The maximum atomic E-state index is 13.4. The Bertz CT molecular complexity index is 859. The van der Waals surface area contributed by atoms with Gasteiger partial charge in [-0.25, -0.2) is 17.8 Å². The lowest BCUT2D eigenvalue weighted by molar-refractivity contribution is 0.603. The number of hydrogen-bond acceptors (Lipinski definition) is 4. The van der Waals surface area contributed by atoms with Crippen molar-refractivity contribution >= 4 is 21.2 Å². The zero-order valence-corrected chi connectivity index (χ0v) is 15.5. The molecule has 1 heterocycles. The van der Waals surface area contributed by atoms with E-state index in [4.69, 9.17) is 0 Å². The van der Waals surface area contributed by atoms with E-state index in [1.807, 2.05) is 13.0 Å². The number of unbranched alkanes of at least 4 members (excludes halogenated alkanes) is 1. The minimum absolute atomic E-state index is 0.158. The minimum atomic E-state index is -3.11. The quantitative estimate of drug-likeness (QED) is 0.803.